The molecule has 5 nitrogen and oxygen atoms in total. The quantitative estimate of drug-likeness (QED) is 0.647. The molecule has 0 aromatic heterocycles. The normalized spacial score (nSPS) is 19.4. The molecule has 0 radical (unpaired) electrons. The average Bonchev–Trinajstić information content (AvgIpc) is 2.54. The maximum atomic E-state index is 12.8. The summed E-state index contributed by atoms with van der Waals surface area (Å²) < 4.78 is 27.2. The third-order valence-corrected chi connectivity index (χ3v) is 6.90. The van der Waals surface area contributed by atoms with E-state index >= 15 is 0 Å². The molecule has 3 N–H and O–H groups in total. The zero-order valence-corrected chi connectivity index (χ0v) is 13.6. The number of sulfonamides is 1. The van der Waals surface area contributed by atoms with Crippen LogP contribution in [-0.2, 0) is 10.0 Å². The number of benzene rings is 1. The van der Waals surface area contributed by atoms with E-state index in [4.69, 9.17) is 5.84 Å². The van der Waals surface area contributed by atoms with Crippen molar-refractivity contribution in [3.05, 3.63) is 24.3 Å². The van der Waals surface area contributed by atoms with Crippen molar-refractivity contribution in [2.45, 2.75) is 44.4 Å². The van der Waals surface area contributed by atoms with Gasteiger partial charge in [0.25, 0.3) is 0 Å². The van der Waals surface area contributed by atoms with Gasteiger partial charge in [-0.25, -0.2) is 8.42 Å². The van der Waals surface area contributed by atoms with Crippen molar-refractivity contribution in [1.29, 1.82) is 0 Å². The van der Waals surface area contributed by atoms with E-state index < -0.39 is 10.0 Å². The molecule has 1 aliphatic rings. The Hall–Kier alpha value is -1.11. The summed E-state index contributed by atoms with van der Waals surface area (Å²) in [5, 5.41) is 0. The lowest BCUT2D eigenvalue weighted by Crippen LogP contribution is -2.43. The Morgan fingerprint density at radius 1 is 1.19 bits per heavy atom. The number of hydrazine groups is 1. The van der Waals surface area contributed by atoms with E-state index in [1.54, 1.807) is 28.6 Å². The highest BCUT2D eigenvalue weighted by molar-refractivity contribution is 7.89. The summed E-state index contributed by atoms with van der Waals surface area (Å²) in [6.45, 7) is 5.56. The molecular formula is C15H25N3O2S. The zero-order chi connectivity index (χ0) is 15.5. The van der Waals surface area contributed by atoms with Gasteiger partial charge in [-0.3, -0.25) is 5.84 Å². The molecule has 1 saturated heterocycles. The molecule has 2 rings (SSSR count). The van der Waals surface area contributed by atoms with Crippen LogP contribution in [0.15, 0.2) is 29.2 Å². The molecule has 0 saturated carbocycles. The molecule has 21 heavy (non-hydrogen) atoms. The van der Waals surface area contributed by atoms with Gasteiger partial charge in [-0.2, -0.15) is 4.31 Å². The van der Waals surface area contributed by atoms with E-state index in [1.165, 1.54) is 0 Å². The van der Waals surface area contributed by atoms with Crippen molar-refractivity contribution < 1.29 is 8.42 Å². The van der Waals surface area contributed by atoms with E-state index in [-0.39, 0.29) is 4.90 Å². The number of hydrogen-bond donors (Lipinski definition) is 2. The number of piperidine rings is 1. The molecule has 0 spiro atoms. The van der Waals surface area contributed by atoms with Crippen LogP contribution < -0.4 is 11.3 Å². The minimum atomic E-state index is -3.48. The van der Waals surface area contributed by atoms with Crippen molar-refractivity contribution in [3.8, 4) is 0 Å². The molecule has 1 heterocycles. The molecule has 118 valence electrons. The summed E-state index contributed by atoms with van der Waals surface area (Å²) in [5.41, 5.74) is 3.22. The van der Waals surface area contributed by atoms with Crippen molar-refractivity contribution in [2.24, 2.45) is 11.3 Å². The van der Waals surface area contributed by atoms with E-state index in [2.05, 4.69) is 19.3 Å². The predicted molar refractivity (Wildman–Crippen MR) is 85.3 cm³/mol. The molecule has 0 bridgehead atoms. The molecule has 1 fully saturated rings. The molecule has 1 aromatic carbocycles. The molecule has 0 atom stereocenters. The average molecular weight is 311 g/mol. The Morgan fingerprint density at radius 3 is 2.29 bits per heavy atom. The van der Waals surface area contributed by atoms with Crippen LogP contribution in [-0.4, -0.2) is 25.8 Å². The van der Waals surface area contributed by atoms with Gasteiger partial charge < -0.3 is 5.43 Å². The maximum Gasteiger partial charge on any atom is 0.245 e. The second-order valence-electron chi connectivity index (χ2n) is 5.75. The Balaban J connectivity index is 2.23. The number of anilines is 1. The van der Waals surface area contributed by atoms with Gasteiger partial charge in [0, 0.05) is 13.1 Å². The van der Waals surface area contributed by atoms with Crippen LogP contribution in [0, 0.1) is 5.41 Å². The number of nitrogens with one attached hydrogen (secondary N) is 1. The summed E-state index contributed by atoms with van der Waals surface area (Å²) >= 11 is 0. The zero-order valence-electron chi connectivity index (χ0n) is 12.8. The third-order valence-electron chi connectivity index (χ3n) is 4.94. The molecular weight excluding hydrogens is 286 g/mol. The summed E-state index contributed by atoms with van der Waals surface area (Å²) in [7, 11) is -3.48. The molecule has 0 aliphatic carbocycles. The first-order valence-electron chi connectivity index (χ1n) is 7.55. The maximum absolute atomic E-state index is 12.8. The van der Waals surface area contributed by atoms with Crippen LogP contribution in [0.4, 0.5) is 5.69 Å². The van der Waals surface area contributed by atoms with Crippen molar-refractivity contribution in [1.82, 2.24) is 4.31 Å². The first-order chi connectivity index (χ1) is 9.99. The first-order valence-corrected chi connectivity index (χ1v) is 8.99. The van der Waals surface area contributed by atoms with E-state index in [0.29, 0.717) is 24.2 Å². The fourth-order valence-electron chi connectivity index (χ4n) is 3.11. The fourth-order valence-corrected chi connectivity index (χ4v) is 4.70. The number of para-hydroxylation sites is 1. The smallest absolute Gasteiger partial charge is 0.245 e. The monoisotopic (exact) mass is 311 g/mol. The van der Waals surface area contributed by atoms with Gasteiger partial charge in [-0.05, 0) is 30.4 Å². The van der Waals surface area contributed by atoms with Crippen LogP contribution in [0.1, 0.15) is 39.5 Å². The van der Waals surface area contributed by atoms with Crippen LogP contribution >= 0.6 is 0 Å². The Labute approximate surface area is 127 Å². The van der Waals surface area contributed by atoms with Crippen LogP contribution in [0.3, 0.4) is 0 Å². The minimum absolute atomic E-state index is 0.257. The van der Waals surface area contributed by atoms with Crippen LogP contribution in [0.5, 0.6) is 0 Å². The van der Waals surface area contributed by atoms with Crippen molar-refractivity contribution in [3.63, 3.8) is 0 Å². The Kier molecular flexibility index (Phi) is 4.91. The fraction of sp³-hybridized carbons (Fsp3) is 0.600. The highest BCUT2D eigenvalue weighted by Crippen LogP contribution is 2.39. The predicted octanol–water partition coefficient (Wildman–Crippen LogP) is 2.56. The summed E-state index contributed by atoms with van der Waals surface area (Å²) in [5.74, 6) is 5.43. The molecule has 0 unspecified atom stereocenters. The SMILES string of the molecule is CCC1(CC)CCN(S(=O)(=O)c2ccccc2NN)CC1. The minimum Gasteiger partial charge on any atom is -0.323 e. The number of rotatable bonds is 5. The second-order valence-corrected chi connectivity index (χ2v) is 7.66. The van der Waals surface area contributed by atoms with Gasteiger partial charge >= 0.3 is 0 Å². The lowest BCUT2D eigenvalue weighted by molar-refractivity contribution is 0.141. The van der Waals surface area contributed by atoms with Crippen LogP contribution in [0.2, 0.25) is 0 Å². The molecule has 1 aliphatic heterocycles. The van der Waals surface area contributed by atoms with E-state index in [0.717, 1.165) is 25.7 Å². The second kappa shape index (κ2) is 6.34. The van der Waals surface area contributed by atoms with Crippen LogP contribution in [0.25, 0.3) is 0 Å². The topological polar surface area (TPSA) is 75.4 Å². The number of nitrogen functional groups attached to an aromatic ring is 1. The van der Waals surface area contributed by atoms with Crippen molar-refractivity contribution in [2.75, 3.05) is 18.5 Å². The standard InChI is InChI=1S/C15H25N3O2S/c1-3-15(4-2)9-11-18(12-10-15)21(19,20)14-8-6-5-7-13(14)17-16/h5-8,17H,3-4,9-12,16H2,1-2H3. The lowest BCUT2D eigenvalue weighted by atomic mass is 9.75. The molecule has 0 amide bonds. The summed E-state index contributed by atoms with van der Waals surface area (Å²) in [6, 6.07) is 6.77. The first kappa shape index (κ1) is 16.3. The van der Waals surface area contributed by atoms with Gasteiger partial charge in [-0.15, -0.1) is 0 Å². The van der Waals surface area contributed by atoms with Crippen molar-refractivity contribution >= 4 is 15.7 Å². The highest BCUT2D eigenvalue weighted by Gasteiger charge is 2.36. The third kappa shape index (κ3) is 3.07. The van der Waals surface area contributed by atoms with Gasteiger partial charge in [0.15, 0.2) is 0 Å². The number of nitrogens with two attached hydrogens (primary N) is 1. The van der Waals surface area contributed by atoms with Gasteiger partial charge in [0.1, 0.15) is 4.90 Å². The van der Waals surface area contributed by atoms with Gasteiger partial charge in [-0.1, -0.05) is 38.8 Å². The lowest BCUT2D eigenvalue weighted by Gasteiger charge is -2.40. The Morgan fingerprint density at radius 2 is 1.76 bits per heavy atom. The molecule has 1 aromatic rings. The number of nitrogens with zero attached hydrogens (tertiary/aromatic N) is 1. The molecule has 6 heteroatoms. The largest absolute Gasteiger partial charge is 0.323 e. The van der Waals surface area contributed by atoms with Gasteiger partial charge in [0.2, 0.25) is 10.0 Å². The summed E-state index contributed by atoms with van der Waals surface area (Å²) in [6.07, 6.45) is 4.07. The van der Waals surface area contributed by atoms with E-state index in [1.807, 2.05) is 0 Å². The highest BCUT2D eigenvalue weighted by atomic mass is 32.2. The number of hydrogen-bond acceptors (Lipinski definition) is 4. The van der Waals surface area contributed by atoms with E-state index in [9.17, 15) is 8.42 Å². The summed E-state index contributed by atoms with van der Waals surface area (Å²) in [4.78, 5) is 0.257. The van der Waals surface area contributed by atoms with Gasteiger partial charge in [0.05, 0.1) is 5.69 Å². The Bertz CT molecular complexity index is 572.